The fourth-order valence-electron chi connectivity index (χ4n) is 4.20. The van der Waals surface area contributed by atoms with Crippen molar-refractivity contribution in [1.82, 2.24) is 0 Å². The third kappa shape index (κ3) is 4.98. The zero-order valence-electron chi connectivity index (χ0n) is 16.5. The number of Topliss-reactive ketones (excluding diaryl/α,β-unsaturated/α-hetero) is 1. The van der Waals surface area contributed by atoms with Crippen molar-refractivity contribution in [3.63, 3.8) is 0 Å². The van der Waals surface area contributed by atoms with Gasteiger partial charge in [-0.1, -0.05) is 38.8 Å². The van der Waals surface area contributed by atoms with Crippen LogP contribution in [0.25, 0.3) is 0 Å². The fraction of sp³-hybridized carbons (Fsp3) is 0.435. The van der Waals surface area contributed by atoms with E-state index in [9.17, 15) is 4.79 Å². The van der Waals surface area contributed by atoms with Gasteiger partial charge in [-0.2, -0.15) is 0 Å². The van der Waals surface area contributed by atoms with E-state index in [-0.39, 0.29) is 11.8 Å². The maximum atomic E-state index is 13.3. The molecule has 150 valence electrons. The largest absolute Gasteiger partial charge is 0.497 e. The number of carbonyl (C=O) groups excluding carboxylic acids is 1. The Balaban J connectivity index is 1.79. The molecule has 0 amide bonds. The Hall–Kier alpha value is -1.33. The number of ketones is 1. The highest BCUT2D eigenvalue weighted by molar-refractivity contribution is 9.10. The van der Waals surface area contributed by atoms with Crippen LogP contribution in [-0.2, 0) is 17.6 Å². The van der Waals surface area contributed by atoms with Crippen LogP contribution < -0.4 is 9.47 Å². The molecule has 0 radical (unpaired) electrons. The number of carbonyl (C=O) groups is 1. The minimum Gasteiger partial charge on any atom is -0.497 e. The summed E-state index contributed by atoms with van der Waals surface area (Å²) in [6.07, 6.45) is 3.38. The Kier molecular flexibility index (Phi) is 7.21. The number of hydrogen-bond acceptors (Lipinski definition) is 3. The predicted molar refractivity (Wildman–Crippen MR) is 119 cm³/mol. The molecule has 0 aliphatic heterocycles. The minimum atomic E-state index is 0.0431. The lowest BCUT2D eigenvalue weighted by atomic mass is 9.71. The van der Waals surface area contributed by atoms with Crippen LogP contribution in [0.5, 0.6) is 11.5 Å². The van der Waals surface area contributed by atoms with Crippen LogP contribution in [0.1, 0.15) is 30.9 Å². The van der Waals surface area contributed by atoms with E-state index in [1.807, 2.05) is 36.4 Å². The molecule has 1 aliphatic carbocycles. The first-order valence-electron chi connectivity index (χ1n) is 9.59. The first kappa shape index (κ1) is 21.4. The van der Waals surface area contributed by atoms with Gasteiger partial charge in [0.05, 0.1) is 14.2 Å². The standard InChI is InChI=1S/C23H26Br2O3/c1-14-8-17(10-15-12-19(27-2)4-6-21(15)24)23(26)18(9-14)11-16-13-20(28-3)5-7-22(16)25/h4-7,12-14,17-18H,8-11H2,1-3H3/t17-,18-/m0/s1. The van der Waals surface area contributed by atoms with Crippen molar-refractivity contribution in [1.29, 1.82) is 0 Å². The summed E-state index contributed by atoms with van der Waals surface area (Å²) in [5, 5.41) is 0. The van der Waals surface area contributed by atoms with E-state index in [4.69, 9.17) is 9.47 Å². The van der Waals surface area contributed by atoms with Crippen molar-refractivity contribution in [2.24, 2.45) is 17.8 Å². The van der Waals surface area contributed by atoms with Gasteiger partial charge in [-0.05, 0) is 79.1 Å². The molecule has 0 N–H and O–H groups in total. The van der Waals surface area contributed by atoms with Gasteiger partial charge in [-0.25, -0.2) is 0 Å². The Labute approximate surface area is 184 Å². The van der Waals surface area contributed by atoms with Crippen LogP contribution in [0.15, 0.2) is 45.3 Å². The molecule has 0 aromatic heterocycles. The zero-order chi connectivity index (χ0) is 20.3. The third-order valence-electron chi connectivity index (χ3n) is 5.62. The second kappa shape index (κ2) is 9.45. The van der Waals surface area contributed by atoms with Crippen LogP contribution in [0.4, 0.5) is 0 Å². The summed E-state index contributed by atoms with van der Waals surface area (Å²) in [6, 6.07) is 11.9. The second-order valence-corrected chi connectivity index (χ2v) is 9.40. The van der Waals surface area contributed by atoms with Crippen LogP contribution in [0.2, 0.25) is 0 Å². The van der Waals surface area contributed by atoms with Gasteiger partial charge in [-0.3, -0.25) is 4.79 Å². The normalized spacial score (nSPS) is 22.2. The molecule has 0 saturated heterocycles. The van der Waals surface area contributed by atoms with Crippen molar-refractivity contribution in [2.45, 2.75) is 32.6 Å². The Morgan fingerprint density at radius 2 is 1.29 bits per heavy atom. The van der Waals surface area contributed by atoms with Gasteiger partial charge in [-0.15, -0.1) is 0 Å². The van der Waals surface area contributed by atoms with Gasteiger partial charge in [0.2, 0.25) is 0 Å². The van der Waals surface area contributed by atoms with E-state index >= 15 is 0 Å². The number of halogens is 2. The summed E-state index contributed by atoms with van der Waals surface area (Å²) in [7, 11) is 3.34. The van der Waals surface area contributed by atoms with Gasteiger partial charge in [0.1, 0.15) is 17.3 Å². The topological polar surface area (TPSA) is 35.5 Å². The van der Waals surface area contributed by atoms with Gasteiger partial charge in [0.25, 0.3) is 0 Å². The molecule has 1 aliphatic rings. The van der Waals surface area contributed by atoms with Crippen molar-refractivity contribution >= 4 is 37.6 Å². The number of hydrogen-bond donors (Lipinski definition) is 0. The molecule has 2 aromatic carbocycles. The lowest BCUT2D eigenvalue weighted by molar-refractivity contribution is -0.130. The molecule has 0 unspecified atom stereocenters. The highest BCUT2D eigenvalue weighted by Gasteiger charge is 2.35. The maximum absolute atomic E-state index is 13.3. The fourth-order valence-corrected chi connectivity index (χ4v) is 5.02. The van der Waals surface area contributed by atoms with Crippen molar-refractivity contribution in [2.75, 3.05) is 14.2 Å². The second-order valence-electron chi connectivity index (χ2n) is 7.70. The summed E-state index contributed by atoms with van der Waals surface area (Å²) < 4.78 is 12.8. The summed E-state index contributed by atoms with van der Waals surface area (Å²) in [5.41, 5.74) is 2.27. The molecule has 1 fully saturated rings. The molecule has 0 spiro atoms. The number of ether oxygens (including phenoxy) is 2. The smallest absolute Gasteiger partial charge is 0.139 e. The SMILES string of the molecule is COc1ccc(Br)c(C[C@@H]2CC(C)C[C@@H](Cc3cc(OC)ccc3Br)C2=O)c1. The highest BCUT2D eigenvalue weighted by Crippen LogP contribution is 2.37. The van der Waals surface area contributed by atoms with Gasteiger partial charge in [0.15, 0.2) is 0 Å². The highest BCUT2D eigenvalue weighted by atomic mass is 79.9. The van der Waals surface area contributed by atoms with Gasteiger partial charge >= 0.3 is 0 Å². The first-order chi connectivity index (χ1) is 13.4. The Morgan fingerprint density at radius 3 is 1.68 bits per heavy atom. The molecule has 3 nitrogen and oxygen atoms in total. The molecule has 0 bridgehead atoms. The van der Waals surface area contributed by atoms with E-state index in [1.165, 1.54) is 0 Å². The molecule has 0 heterocycles. The maximum Gasteiger partial charge on any atom is 0.139 e. The first-order valence-corrected chi connectivity index (χ1v) is 11.2. The minimum absolute atomic E-state index is 0.0431. The van der Waals surface area contributed by atoms with Crippen molar-refractivity contribution < 1.29 is 14.3 Å². The lowest BCUT2D eigenvalue weighted by Crippen LogP contribution is -2.34. The number of methoxy groups -OCH3 is 2. The monoisotopic (exact) mass is 508 g/mol. The molecule has 1 saturated carbocycles. The quantitative estimate of drug-likeness (QED) is 0.462. The summed E-state index contributed by atoms with van der Waals surface area (Å²) in [5.74, 6) is 2.64. The van der Waals surface area contributed by atoms with E-state index in [0.717, 1.165) is 57.3 Å². The molecule has 3 rings (SSSR count). The number of rotatable bonds is 6. The van der Waals surface area contributed by atoms with Gasteiger partial charge < -0.3 is 9.47 Å². The van der Waals surface area contributed by atoms with E-state index < -0.39 is 0 Å². The van der Waals surface area contributed by atoms with Crippen LogP contribution in [-0.4, -0.2) is 20.0 Å². The molecular formula is C23H26Br2O3. The zero-order valence-corrected chi connectivity index (χ0v) is 19.7. The Bertz CT molecular complexity index is 782. The van der Waals surface area contributed by atoms with E-state index in [0.29, 0.717) is 11.7 Å². The lowest BCUT2D eigenvalue weighted by Gasteiger charge is -2.32. The van der Waals surface area contributed by atoms with Crippen LogP contribution in [0.3, 0.4) is 0 Å². The van der Waals surface area contributed by atoms with Crippen LogP contribution >= 0.6 is 31.9 Å². The summed E-state index contributed by atoms with van der Waals surface area (Å²) in [4.78, 5) is 13.3. The molecule has 28 heavy (non-hydrogen) atoms. The molecular weight excluding hydrogens is 484 g/mol. The van der Waals surface area contributed by atoms with Gasteiger partial charge in [0, 0.05) is 20.8 Å². The number of benzene rings is 2. The predicted octanol–water partition coefficient (Wildman–Crippen LogP) is 6.25. The third-order valence-corrected chi connectivity index (χ3v) is 7.16. The van der Waals surface area contributed by atoms with Crippen LogP contribution in [0, 0.1) is 17.8 Å². The van der Waals surface area contributed by atoms with Crippen molar-refractivity contribution in [3.8, 4) is 11.5 Å². The molecule has 2 atom stereocenters. The van der Waals surface area contributed by atoms with Crippen molar-refractivity contribution in [3.05, 3.63) is 56.5 Å². The average Bonchev–Trinajstić information content (AvgIpc) is 2.68. The average molecular weight is 510 g/mol. The van der Waals surface area contributed by atoms with E-state index in [2.05, 4.69) is 38.8 Å². The molecule has 5 heteroatoms. The summed E-state index contributed by atoms with van der Waals surface area (Å²) in [6.45, 7) is 2.26. The van der Waals surface area contributed by atoms with E-state index in [1.54, 1.807) is 14.2 Å². The summed E-state index contributed by atoms with van der Waals surface area (Å²) >= 11 is 7.26. The Morgan fingerprint density at radius 1 is 0.857 bits per heavy atom. The molecule has 2 aromatic rings.